The largest absolute Gasteiger partial charge is 0.454 e. The van der Waals surface area contributed by atoms with Gasteiger partial charge < -0.3 is 19.5 Å². The van der Waals surface area contributed by atoms with Crippen molar-refractivity contribution in [3.8, 4) is 11.5 Å². The molecule has 1 aliphatic rings. The van der Waals surface area contributed by atoms with Gasteiger partial charge in [-0.1, -0.05) is 12.1 Å². The van der Waals surface area contributed by atoms with Crippen LogP contribution in [0.4, 0.5) is 0 Å². The number of fused-ring (bicyclic) bond motifs is 1. The fourth-order valence-corrected chi connectivity index (χ4v) is 3.31. The van der Waals surface area contributed by atoms with Crippen molar-refractivity contribution in [1.29, 1.82) is 0 Å². The van der Waals surface area contributed by atoms with Gasteiger partial charge in [-0.15, -0.1) is 11.3 Å². The maximum Gasteiger partial charge on any atom is 0.349 e. The second kappa shape index (κ2) is 8.10. The Morgan fingerprint density at radius 2 is 1.96 bits per heavy atom. The summed E-state index contributed by atoms with van der Waals surface area (Å²) in [6.45, 7) is 0.446. The standard InChI is InChI=1S/C20H16N2O5S/c23-19(22-11-13-3-4-15-16(10-13)26-12-25-15)18(14-5-7-21-8-6-14)27-20(24)17-2-1-9-28-17/h1-10,18H,11-12H2,(H,22,23)/t18-/m0/s1. The summed E-state index contributed by atoms with van der Waals surface area (Å²) in [6, 6.07) is 12.1. The van der Waals surface area contributed by atoms with Crippen molar-refractivity contribution >= 4 is 23.2 Å². The molecule has 1 N–H and O–H groups in total. The number of hydrogen-bond acceptors (Lipinski definition) is 7. The zero-order valence-electron chi connectivity index (χ0n) is 14.7. The SMILES string of the molecule is O=C(O[C@H](C(=O)NCc1ccc2c(c1)OCO2)c1ccncc1)c1cccs1. The van der Waals surface area contributed by atoms with Crippen LogP contribution in [0.15, 0.2) is 60.2 Å². The molecule has 0 saturated heterocycles. The molecule has 1 aliphatic heterocycles. The normalized spacial score (nSPS) is 13.0. The van der Waals surface area contributed by atoms with E-state index in [9.17, 15) is 9.59 Å². The third-order valence-electron chi connectivity index (χ3n) is 4.10. The van der Waals surface area contributed by atoms with Gasteiger partial charge in [0, 0.05) is 24.5 Å². The van der Waals surface area contributed by atoms with Crippen LogP contribution in [0.5, 0.6) is 11.5 Å². The average molecular weight is 396 g/mol. The van der Waals surface area contributed by atoms with Crippen LogP contribution in [0.2, 0.25) is 0 Å². The predicted molar refractivity (Wildman–Crippen MR) is 101 cm³/mol. The van der Waals surface area contributed by atoms with Gasteiger partial charge in [-0.05, 0) is 41.3 Å². The third-order valence-corrected chi connectivity index (χ3v) is 4.95. The fraction of sp³-hybridized carbons (Fsp3) is 0.150. The lowest BCUT2D eigenvalue weighted by atomic mass is 10.1. The van der Waals surface area contributed by atoms with Crippen molar-refractivity contribution in [3.05, 3.63) is 76.2 Å². The van der Waals surface area contributed by atoms with Crippen molar-refractivity contribution in [2.45, 2.75) is 12.6 Å². The highest BCUT2D eigenvalue weighted by atomic mass is 32.1. The van der Waals surface area contributed by atoms with Gasteiger partial charge in [0.15, 0.2) is 11.5 Å². The highest BCUT2D eigenvalue weighted by Gasteiger charge is 2.26. The molecule has 1 amide bonds. The third kappa shape index (κ3) is 3.96. The minimum absolute atomic E-state index is 0.188. The fourth-order valence-electron chi connectivity index (χ4n) is 2.70. The molecule has 1 aromatic carbocycles. The summed E-state index contributed by atoms with van der Waals surface area (Å²) in [5.41, 5.74) is 1.39. The van der Waals surface area contributed by atoms with E-state index in [1.54, 1.807) is 48.1 Å². The van der Waals surface area contributed by atoms with E-state index < -0.39 is 18.0 Å². The minimum atomic E-state index is -1.08. The van der Waals surface area contributed by atoms with E-state index in [0.29, 0.717) is 21.9 Å². The Labute approximate surface area is 164 Å². The Kier molecular flexibility index (Phi) is 5.20. The second-order valence-electron chi connectivity index (χ2n) is 5.95. The van der Waals surface area contributed by atoms with Crippen molar-refractivity contribution < 1.29 is 23.8 Å². The van der Waals surface area contributed by atoms with E-state index in [1.807, 2.05) is 12.1 Å². The van der Waals surface area contributed by atoms with Crippen LogP contribution in [0, 0.1) is 0 Å². The number of benzene rings is 1. The first-order chi connectivity index (χ1) is 13.7. The first-order valence-electron chi connectivity index (χ1n) is 8.51. The molecular weight excluding hydrogens is 380 g/mol. The van der Waals surface area contributed by atoms with Crippen molar-refractivity contribution in [3.63, 3.8) is 0 Å². The Balaban J connectivity index is 1.47. The van der Waals surface area contributed by atoms with Crippen LogP contribution < -0.4 is 14.8 Å². The molecule has 0 aliphatic carbocycles. The molecule has 3 aromatic rings. The molecule has 0 bridgehead atoms. The molecule has 4 rings (SSSR count). The monoisotopic (exact) mass is 396 g/mol. The Morgan fingerprint density at radius 3 is 2.75 bits per heavy atom. The number of aromatic nitrogens is 1. The molecule has 142 valence electrons. The molecule has 28 heavy (non-hydrogen) atoms. The zero-order chi connectivity index (χ0) is 19.3. The Morgan fingerprint density at radius 1 is 1.14 bits per heavy atom. The van der Waals surface area contributed by atoms with Crippen LogP contribution in [0.25, 0.3) is 0 Å². The van der Waals surface area contributed by atoms with Crippen LogP contribution >= 0.6 is 11.3 Å². The minimum Gasteiger partial charge on any atom is -0.454 e. The lowest BCUT2D eigenvalue weighted by Gasteiger charge is -2.17. The van der Waals surface area contributed by atoms with Gasteiger partial charge in [0.2, 0.25) is 12.9 Å². The summed E-state index contributed by atoms with van der Waals surface area (Å²) in [5, 5.41) is 4.59. The molecule has 0 saturated carbocycles. The number of ether oxygens (including phenoxy) is 3. The van der Waals surface area contributed by atoms with Crippen molar-refractivity contribution in [1.82, 2.24) is 10.3 Å². The topological polar surface area (TPSA) is 86.8 Å². The van der Waals surface area contributed by atoms with E-state index >= 15 is 0 Å². The van der Waals surface area contributed by atoms with E-state index in [-0.39, 0.29) is 13.3 Å². The van der Waals surface area contributed by atoms with Gasteiger partial charge in [-0.3, -0.25) is 9.78 Å². The number of esters is 1. The number of thiophene rings is 1. The highest BCUT2D eigenvalue weighted by molar-refractivity contribution is 7.11. The average Bonchev–Trinajstić information content (AvgIpc) is 3.42. The molecule has 8 heteroatoms. The lowest BCUT2D eigenvalue weighted by Crippen LogP contribution is -2.31. The zero-order valence-corrected chi connectivity index (χ0v) is 15.5. The molecule has 2 aromatic heterocycles. The first kappa shape index (κ1) is 18.0. The molecule has 1 atom stereocenters. The maximum absolute atomic E-state index is 12.8. The van der Waals surface area contributed by atoms with Gasteiger partial charge in [0.05, 0.1) is 0 Å². The van der Waals surface area contributed by atoms with E-state index in [1.165, 1.54) is 11.3 Å². The number of carbonyl (C=O) groups is 2. The van der Waals surface area contributed by atoms with E-state index in [2.05, 4.69) is 10.3 Å². The van der Waals surface area contributed by atoms with Crippen LogP contribution in [0.1, 0.15) is 26.9 Å². The van der Waals surface area contributed by atoms with Gasteiger partial charge in [-0.25, -0.2) is 4.79 Å². The van der Waals surface area contributed by atoms with Gasteiger partial charge in [0.25, 0.3) is 5.91 Å². The van der Waals surface area contributed by atoms with Crippen molar-refractivity contribution in [2.24, 2.45) is 0 Å². The summed E-state index contributed by atoms with van der Waals surface area (Å²) in [6.07, 6.45) is 2.02. The number of carbonyl (C=O) groups excluding carboxylic acids is 2. The second-order valence-corrected chi connectivity index (χ2v) is 6.90. The first-order valence-corrected chi connectivity index (χ1v) is 9.39. The number of pyridine rings is 1. The Bertz CT molecular complexity index is 976. The number of amides is 1. The number of nitrogens with one attached hydrogen (secondary N) is 1. The van der Waals surface area contributed by atoms with Gasteiger partial charge in [0.1, 0.15) is 4.88 Å². The quantitative estimate of drug-likeness (QED) is 0.645. The summed E-state index contributed by atoms with van der Waals surface area (Å²) in [4.78, 5) is 29.5. The lowest BCUT2D eigenvalue weighted by molar-refractivity contribution is -0.130. The summed E-state index contributed by atoms with van der Waals surface area (Å²) < 4.78 is 16.1. The van der Waals surface area contributed by atoms with Crippen LogP contribution in [-0.4, -0.2) is 23.7 Å². The molecule has 7 nitrogen and oxygen atoms in total. The molecule has 3 heterocycles. The predicted octanol–water partition coefficient (Wildman–Crippen LogP) is 3.09. The number of nitrogens with zero attached hydrogens (tertiary/aromatic N) is 1. The number of hydrogen-bond donors (Lipinski definition) is 1. The molecule has 0 radical (unpaired) electrons. The highest BCUT2D eigenvalue weighted by Crippen LogP contribution is 2.32. The van der Waals surface area contributed by atoms with Crippen LogP contribution in [-0.2, 0) is 16.1 Å². The van der Waals surface area contributed by atoms with Gasteiger partial charge >= 0.3 is 5.97 Å². The molecule has 0 unspecified atom stereocenters. The summed E-state index contributed by atoms with van der Waals surface area (Å²) in [5.74, 6) is 0.347. The van der Waals surface area contributed by atoms with E-state index in [0.717, 1.165) is 5.56 Å². The Hall–Kier alpha value is -3.39. The van der Waals surface area contributed by atoms with Gasteiger partial charge in [-0.2, -0.15) is 0 Å². The summed E-state index contributed by atoms with van der Waals surface area (Å²) in [7, 11) is 0. The molecule has 0 fully saturated rings. The van der Waals surface area contributed by atoms with E-state index in [4.69, 9.17) is 14.2 Å². The number of rotatable bonds is 6. The van der Waals surface area contributed by atoms with Crippen LogP contribution in [0.3, 0.4) is 0 Å². The summed E-state index contributed by atoms with van der Waals surface area (Å²) >= 11 is 1.26. The maximum atomic E-state index is 12.8. The molecular formula is C20H16N2O5S. The molecule has 0 spiro atoms. The smallest absolute Gasteiger partial charge is 0.349 e. The van der Waals surface area contributed by atoms with Crippen molar-refractivity contribution in [2.75, 3.05) is 6.79 Å².